The summed E-state index contributed by atoms with van der Waals surface area (Å²) in [5, 5.41) is 3.56. The van der Waals surface area contributed by atoms with E-state index in [0.717, 1.165) is 42.7 Å². The van der Waals surface area contributed by atoms with Crippen LogP contribution in [-0.2, 0) is 22.3 Å². The summed E-state index contributed by atoms with van der Waals surface area (Å²) in [5.41, 5.74) is 2.78. The maximum atomic E-state index is 13.2. The summed E-state index contributed by atoms with van der Waals surface area (Å²) >= 11 is 0. The number of rotatable bonds is 9. The predicted molar refractivity (Wildman–Crippen MR) is 138 cm³/mol. The normalized spacial score (nSPS) is 15.1. The minimum Gasteiger partial charge on any atom is -0.382 e. The van der Waals surface area contributed by atoms with Gasteiger partial charge in [0, 0.05) is 52.0 Å². The van der Waals surface area contributed by atoms with E-state index in [0.29, 0.717) is 19.1 Å². The highest BCUT2D eigenvalue weighted by molar-refractivity contribution is 7.88. The molecular formula is C26H38N4O3S. The van der Waals surface area contributed by atoms with Crippen molar-refractivity contribution < 1.29 is 13.2 Å². The molecule has 8 heteroatoms. The zero-order valence-corrected chi connectivity index (χ0v) is 21.6. The molecule has 34 heavy (non-hydrogen) atoms. The lowest BCUT2D eigenvalue weighted by molar-refractivity contribution is 0.158. The van der Waals surface area contributed by atoms with Gasteiger partial charge in [0.2, 0.25) is 10.0 Å². The number of anilines is 1. The summed E-state index contributed by atoms with van der Waals surface area (Å²) in [6.45, 7) is 6.41. The number of hydrogen-bond acceptors (Lipinski definition) is 4. The first-order valence-corrected chi connectivity index (χ1v) is 13.6. The summed E-state index contributed by atoms with van der Waals surface area (Å²) in [7, 11) is 0.124. The van der Waals surface area contributed by atoms with Gasteiger partial charge in [0.15, 0.2) is 0 Å². The van der Waals surface area contributed by atoms with Crippen LogP contribution in [0.5, 0.6) is 0 Å². The number of likely N-dealkylation sites (tertiary alicyclic amines) is 1. The average Bonchev–Trinajstić information content (AvgIpc) is 2.80. The molecular weight excluding hydrogens is 448 g/mol. The first-order chi connectivity index (χ1) is 16.1. The van der Waals surface area contributed by atoms with Crippen LogP contribution in [-0.4, -0.2) is 68.3 Å². The van der Waals surface area contributed by atoms with Gasteiger partial charge in [0.05, 0.1) is 5.75 Å². The van der Waals surface area contributed by atoms with Crippen molar-refractivity contribution in [3.05, 3.63) is 65.7 Å². The van der Waals surface area contributed by atoms with Crippen LogP contribution in [0.25, 0.3) is 0 Å². The Morgan fingerprint density at radius 1 is 1.00 bits per heavy atom. The predicted octanol–water partition coefficient (Wildman–Crippen LogP) is 4.23. The van der Waals surface area contributed by atoms with E-state index in [1.807, 2.05) is 73.3 Å². The maximum Gasteiger partial charge on any atom is 0.319 e. The minimum absolute atomic E-state index is 0.00915. The Bertz CT molecular complexity index is 1020. The van der Waals surface area contributed by atoms with Gasteiger partial charge in [-0.1, -0.05) is 56.3 Å². The lowest BCUT2D eigenvalue weighted by Gasteiger charge is -2.34. The molecule has 0 aromatic heterocycles. The molecule has 0 unspecified atom stereocenters. The van der Waals surface area contributed by atoms with E-state index in [2.05, 4.69) is 5.32 Å². The van der Waals surface area contributed by atoms with Crippen LogP contribution < -0.4 is 5.32 Å². The fourth-order valence-electron chi connectivity index (χ4n) is 4.20. The van der Waals surface area contributed by atoms with Crippen molar-refractivity contribution in [1.29, 1.82) is 0 Å². The van der Waals surface area contributed by atoms with E-state index in [1.54, 1.807) is 23.3 Å². The second kappa shape index (κ2) is 11.7. The lowest BCUT2D eigenvalue weighted by Crippen LogP contribution is -2.46. The molecule has 2 amide bonds. The number of nitrogens with one attached hydrogen (secondary N) is 1. The fraction of sp³-hybridized carbons (Fsp3) is 0.500. The smallest absolute Gasteiger partial charge is 0.319 e. The zero-order valence-electron chi connectivity index (χ0n) is 20.8. The number of hydrogen-bond donors (Lipinski definition) is 1. The van der Waals surface area contributed by atoms with E-state index >= 15 is 0 Å². The summed E-state index contributed by atoms with van der Waals surface area (Å²) < 4.78 is 27.9. The Morgan fingerprint density at radius 2 is 1.62 bits per heavy atom. The molecule has 1 aliphatic heterocycles. The van der Waals surface area contributed by atoms with Gasteiger partial charge in [-0.15, -0.1) is 0 Å². The Balaban J connectivity index is 1.59. The summed E-state index contributed by atoms with van der Waals surface area (Å²) in [5.74, 6) is 0.242. The molecule has 7 nitrogen and oxygen atoms in total. The molecule has 2 aromatic carbocycles. The SMILES string of the molecule is CC(C)CN(Cc1ccc(NC2CCN(C(=O)N(C)C)CC2)cc1)S(=O)(=O)Cc1ccccc1. The van der Waals surface area contributed by atoms with Crippen LogP contribution >= 0.6 is 0 Å². The molecule has 0 aliphatic carbocycles. The van der Waals surface area contributed by atoms with E-state index < -0.39 is 10.0 Å². The van der Waals surface area contributed by atoms with Gasteiger partial charge < -0.3 is 15.1 Å². The van der Waals surface area contributed by atoms with E-state index in [-0.39, 0.29) is 17.7 Å². The number of carbonyl (C=O) groups excluding carboxylic acids is 1. The Kier molecular flexibility index (Phi) is 8.97. The van der Waals surface area contributed by atoms with Crippen LogP contribution in [0.1, 0.15) is 37.8 Å². The first-order valence-electron chi connectivity index (χ1n) is 12.0. The number of piperidine rings is 1. The molecule has 0 bridgehead atoms. The molecule has 1 aliphatic rings. The Hall–Kier alpha value is -2.58. The molecule has 0 radical (unpaired) electrons. The fourth-order valence-corrected chi connectivity index (χ4v) is 5.87. The van der Waals surface area contributed by atoms with Gasteiger partial charge in [-0.3, -0.25) is 0 Å². The monoisotopic (exact) mass is 486 g/mol. The largest absolute Gasteiger partial charge is 0.382 e. The van der Waals surface area contributed by atoms with E-state index in [4.69, 9.17) is 0 Å². The third kappa shape index (κ3) is 7.46. The van der Waals surface area contributed by atoms with Crippen molar-refractivity contribution in [3.8, 4) is 0 Å². The van der Waals surface area contributed by atoms with Gasteiger partial charge in [-0.05, 0) is 42.0 Å². The van der Waals surface area contributed by atoms with Crippen LogP contribution in [0.4, 0.5) is 10.5 Å². The topological polar surface area (TPSA) is 73.0 Å². The number of carbonyl (C=O) groups is 1. The summed E-state index contributed by atoms with van der Waals surface area (Å²) in [6, 6.07) is 17.8. The highest BCUT2D eigenvalue weighted by Gasteiger charge is 2.25. The van der Waals surface area contributed by atoms with E-state index in [9.17, 15) is 13.2 Å². The van der Waals surface area contributed by atoms with Gasteiger partial charge in [-0.25, -0.2) is 13.2 Å². The second-order valence-electron chi connectivity index (χ2n) is 9.71. The van der Waals surface area contributed by atoms with Crippen LogP contribution in [0, 0.1) is 5.92 Å². The molecule has 186 valence electrons. The summed E-state index contributed by atoms with van der Waals surface area (Å²) in [4.78, 5) is 15.6. The quantitative estimate of drug-likeness (QED) is 0.576. The van der Waals surface area contributed by atoms with Crippen LogP contribution in [0.15, 0.2) is 54.6 Å². The molecule has 3 rings (SSSR count). The zero-order chi connectivity index (χ0) is 24.7. The number of nitrogens with zero attached hydrogens (tertiary/aromatic N) is 3. The molecule has 1 N–H and O–H groups in total. The van der Waals surface area contributed by atoms with Crippen LogP contribution in [0.3, 0.4) is 0 Å². The van der Waals surface area contributed by atoms with Crippen molar-refractivity contribution >= 4 is 21.7 Å². The molecule has 2 aromatic rings. The molecule has 0 atom stereocenters. The van der Waals surface area contributed by atoms with Gasteiger partial charge in [0.1, 0.15) is 0 Å². The number of sulfonamides is 1. The van der Waals surface area contributed by atoms with Crippen molar-refractivity contribution in [1.82, 2.24) is 14.1 Å². The minimum atomic E-state index is -3.44. The average molecular weight is 487 g/mol. The third-order valence-corrected chi connectivity index (χ3v) is 7.75. The van der Waals surface area contributed by atoms with Crippen LogP contribution in [0.2, 0.25) is 0 Å². The van der Waals surface area contributed by atoms with Gasteiger partial charge in [0.25, 0.3) is 0 Å². The summed E-state index contributed by atoms with van der Waals surface area (Å²) in [6.07, 6.45) is 1.81. The highest BCUT2D eigenvalue weighted by atomic mass is 32.2. The number of benzene rings is 2. The van der Waals surface area contributed by atoms with Gasteiger partial charge >= 0.3 is 6.03 Å². The van der Waals surface area contributed by atoms with Crippen molar-refractivity contribution in [2.75, 3.05) is 39.0 Å². The molecule has 1 saturated heterocycles. The Morgan fingerprint density at radius 3 is 2.18 bits per heavy atom. The second-order valence-corrected chi connectivity index (χ2v) is 11.7. The molecule has 0 saturated carbocycles. The Labute approximate surface area is 204 Å². The van der Waals surface area contributed by atoms with Crippen molar-refractivity contribution in [2.24, 2.45) is 5.92 Å². The number of amides is 2. The standard InChI is InChI=1S/C26H38N4O3S/c1-21(2)18-30(34(32,33)20-23-8-6-5-7-9-23)19-22-10-12-24(13-11-22)27-25-14-16-29(17-15-25)26(31)28(3)4/h5-13,21,25,27H,14-20H2,1-4H3. The molecule has 1 heterocycles. The lowest BCUT2D eigenvalue weighted by atomic mass is 10.0. The molecule has 0 spiro atoms. The van der Waals surface area contributed by atoms with E-state index in [1.165, 1.54) is 0 Å². The van der Waals surface area contributed by atoms with Gasteiger partial charge in [-0.2, -0.15) is 4.31 Å². The third-order valence-electron chi connectivity index (χ3n) is 5.99. The maximum absolute atomic E-state index is 13.2. The molecule has 1 fully saturated rings. The first kappa shape index (κ1) is 26.0. The highest BCUT2D eigenvalue weighted by Crippen LogP contribution is 2.21. The number of urea groups is 1. The van der Waals surface area contributed by atoms with Crippen molar-refractivity contribution in [2.45, 2.75) is 45.0 Å². The van der Waals surface area contributed by atoms with Crippen molar-refractivity contribution in [3.63, 3.8) is 0 Å².